The van der Waals surface area contributed by atoms with Crippen molar-refractivity contribution in [2.75, 3.05) is 23.9 Å². The number of benzene rings is 1. The van der Waals surface area contributed by atoms with Crippen molar-refractivity contribution in [1.29, 1.82) is 0 Å². The molecule has 0 saturated carbocycles. The van der Waals surface area contributed by atoms with Crippen LogP contribution in [0.2, 0.25) is 0 Å². The Kier molecular flexibility index (Phi) is 4.41. The van der Waals surface area contributed by atoms with Crippen LogP contribution < -0.4 is 0 Å². The third kappa shape index (κ3) is 2.92. The van der Waals surface area contributed by atoms with Crippen molar-refractivity contribution in [3.05, 3.63) is 47.7 Å². The largest absolute Gasteiger partial charge is 0.424 e. The topological polar surface area (TPSA) is 48.2 Å². The Bertz CT molecular complexity index is 614. The van der Waals surface area contributed by atoms with E-state index in [9.17, 15) is 0 Å². The molecule has 2 aliphatic rings. The van der Waals surface area contributed by atoms with Gasteiger partial charge in [-0.3, -0.25) is 0 Å². The summed E-state index contributed by atoms with van der Waals surface area (Å²) in [5, 5.41) is 8.98. The maximum absolute atomic E-state index is 6.02. The molecule has 2 fully saturated rings. The van der Waals surface area contributed by atoms with E-state index >= 15 is 0 Å². The normalized spacial score (nSPS) is 28.8. The van der Waals surface area contributed by atoms with Crippen LogP contribution in [0.3, 0.4) is 0 Å². The molecule has 2 aromatic rings. The third-order valence-electron chi connectivity index (χ3n) is 4.08. The first-order valence-corrected chi connectivity index (χ1v) is 9.81. The molecule has 6 heteroatoms. The second-order valence-electron chi connectivity index (χ2n) is 5.51. The first-order valence-electron chi connectivity index (χ1n) is 7.61. The van der Waals surface area contributed by atoms with Crippen molar-refractivity contribution in [2.45, 2.75) is 23.7 Å². The Labute approximate surface area is 138 Å². The van der Waals surface area contributed by atoms with E-state index in [1.54, 1.807) is 0 Å². The summed E-state index contributed by atoms with van der Waals surface area (Å²) in [6.07, 6.45) is 0.969. The molecule has 116 valence electrons. The van der Waals surface area contributed by atoms with Crippen LogP contribution >= 0.6 is 23.5 Å². The van der Waals surface area contributed by atoms with Gasteiger partial charge >= 0.3 is 0 Å². The molecule has 2 saturated heterocycles. The maximum atomic E-state index is 6.02. The SMILES string of the molecule is c1ccc([C@H]2OCC[C@@H]2c2nnc([C@H]3CSCCS3)o2)cc1. The molecule has 0 aliphatic carbocycles. The quantitative estimate of drug-likeness (QED) is 0.850. The summed E-state index contributed by atoms with van der Waals surface area (Å²) >= 11 is 3.88. The van der Waals surface area contributed by atoms with Crippen LogP contribution in [0.4, 0.5) is 0 Å². The zero-order valence-electron chi connectivity index (χ0n) is 12.2. The smallest absolute Gasteiger partial charge is 0.230 e. The van der Waals surface area contributed by atoms with E-state index < -0.39 is 0 Å². The summed E-state index contributed by atoms with van der Waals surface area (Å²) in [7, 11) is 0. The minimum Gasteiger partial charge on any atom is -0.424 e. The highest BCUT2D eigenvalue weighted by Crippen LogP contribution is 2.42. The monoisotopic (exact) mass is 334 g/mol. The van der Waals surface area contributed by atoms with E-state index in [1.807, 2.05) is 41.7 Å². The number of rotatable bonds is 3. The van der Waals surface area contributed by atoms with Crippen molar-refractivity contribution in [2.24, 2.45) is 0 Å². The lowest BCUT2D eigenvalue weighted by molar-refractivity contribution is 0.0997. The zero-order valence-corrected chi connectivity index (χ0v) is 13.8. The predicted molar refractivity (Wildman–Crippen MR) is 89.3 cm³/mol. The average Bonchev–Trinajstić information content (AvgIpc) is 3.25. The molecule has 4 rings (SSSR count). The summed E-state index contributed by atoms with van der Waals surface area (Å²) in [4.78, 5) is 0. The highest BCUT2D eigenvalue weighted by molar-refractivity contribution is 8.06. The summed E-state index contributed by atoms with van der Waals surface area (Å²) in [5.74, 6) is 5.13. The highest BCUT2D eigenvalue weighted by Gasteiger charge is 2.35. The van der Waals surface area contributed by atoms with Gasteiger partial charge in [0.2, 0.25) is 11.8 Å². The van der Waals surface area contributed by atoms with Gasteiger partial charge < -0.3 is 9.15 Å². The summed E-state index contributed by atoms with van der Waals surface area (Å²) in [5.41, 5.74) is 1.19. The molecule has 0 N–H and O–H groups in total. The number of ether oxygens (including phenoxy) is 1. The molecule has 1 aromatic heterocycles. The van der Waals surface area contributed by atoms with Gasteiger partial charge in [-0.1, -0.05) is 30.3 Å². The number of nitrogens with zero attached hydrogens (tertiary/aromatic N) is 2. The van der Waals surface area contributed by atoms with Gasteiger partial charge in [0.05, 0.1) is 17.3 Å². The van der Waals surface area contributed by atoms with E-state index in [-0.39, 0.29) is 12.0 Å². The van der Waals surface area contributed by atoms with Crippen molar-refractivity contribution in [3.8, 4) is 0 Å². The Morgan fingerprint density at radius 1 is 1.05 bits per heavy atom. The van der Waals surface area contributed by atoms with Crippen molar-refractivity contribution in [1.82, 2.24) is 10.2 Å². The molecule has 0 unspecified atom stereocenters. The second-order valence-corrected chi connectivity index (χ2v) is 7.97. The highest BCUT2D eigenvalue weighted by atomic mass is 32.2. The van der Waals surface area contributed by atoms with Crippen LogP contribution in [0.1, 0.15) is 41.0 Å². The lowest BCUT2D eigenvalue weighted by Crippen LogP contribution is -2.07. The van der Waals surface area contributed by atoms with Crippen molar-refractivity contribution < 1.29 is 9.15 Å². The summed E-state index contributed by atoms with van der Waals surface area (Å²) in [6.45, 7) is 0.746. The molecule has 3 heterocycles. The fourth-order valence-electron chi connectivity index (χ4n) is 2.97. The first-order chi connectivity index (χ1) is 10.9. The summed E-state index contributed by atoms with van der Waals surface area (Å²) < 4.78 is 11.9. The minimum atomic E-state index is 0.0304. The Morgan fingerprint density at radius 2 is 1.91 bits per heavy atom. The number of aromatic nitrogens is 2. The molecular formula is C16H18N2O2S2. The lowest BCUT2D eigenvalue weighted by Gasteiger charge is -2.18. The van der Waals surface area contributed by atoms with E-state index in [0.717, 1.165) is 36.3 Å². The molecule has 3 atom stereocenters. The number of hydrogen-bond donors (Lipinski definition) is 0. The molecule has 1 aromatic carbocycles. The van der Waals surface area contributed by atoms with Crippen LogP contribution in [-0.2, 0) is 4.74 Å². The van der Waals surface area contributed by atoms with Crippen molar-refractivity contribution >= 4 is 23.5 Å². The standard InChI is InChI=1S/C16H18N2O2S2/c1-2-4-11(5-3-1)14-12(6-7-19-14)15-17-18-16(20-15)13-10-21-8-9-22-13/h1-5,12-14H,6-10H2/t12-,13+,14+/m0/s1. The number of hydrogen-bond acceptors (Lipinski definition) is 6. The molecule has 0 spiro atoms. The summed E-state index contributed by atoms with van der Waals surface area (Å²) in [6, 6.07) is 10.3. The molecule has 0 radical (unpaired) electrons. The molecular weight excluding hydrogens is 316 g/mol. The Morgan fingerprint density at radius 3 is 2.73 bits per heavy atom. The average molecular weight is 334 g/mol. The predicted octanol–water partition coefficient (Wildman–Crippen LogP) is 3.84. The molecule has 0 bridgehead atoms. The first kappa shape index (κ1) is 14.6. The maximum Gasteiger partial charge on any atom is 0.230 e. The number of thioether (sulfide) groups is 2. The van der Waals surface area contributed by atoms with Gasteiger partial charge in [-0.05, 0) is 12.0 Å². The van der Waals surface area contributed by atoms with E-state index in [2.05, 4.69) is 22.3 Å². The van der Waals surface area contributed by atoms with Crippen LogP contribution in [0.5, 0.6) is 0 Å². The lowest BCUT2D eigenvalue weighted by atomic mass is 9.95. The van der Waals surface area contributed by atoms with Gasteiger partial charge in [0.25, 0.3) is 0 Å². The molecule has 2 aliphatic heterocycles. The fourth-order valence-corrected chi connectivity index (χ4v) is 5.55. The van der Waals surface area contributed by atoms with Crippen molar-refractivity contribution in [3.63, 3.8) is 0 Å². The van der Waals surface area contributed by atoms with Crippen LogP contribution in [0, 0.1) is 0 Å². The fraction of sp³-hybridized carbons (Fsp3) is 0.500. The van der Waals surface area contributed by atoms with E-state index in [4.69, 9.17) is 9.15 Å². The second kappa shape index (κ2) is 6.64. The van der Waals surface area contributed by atoms with Gasteiger partial charge in [0.1, 0.15) is 0 Å². The molecule has 22 heavy (non-hydrogen) atoms. The minimum absolute atomic E-state index is 0.0304. The zero-order chi connectivity index (χ0) is 14.8. The Balaban J connectivity index is 1.55. The van der Waals surface area contributed by atoms with Gasteiger partial charge in [0.15, 0.2) is 0 Å². The van der Waals surface area contributed by atoms with Gasteiger partial charge in [0, 0.05) is 23.9 Å². The van der Waals surface area contributed by atoms with Crippen LogP contribution in [0.15, 0.2) is 34.7 Å². The molecule has 4 nitrogen and oxygen atoms in total. The van der Waals surface area contributed by atoms with Gasteiger partial charge in [-0.25, -0.2) is 0 Å². The Hall–Kier alpha value is -0.980. The van der Waals surface area contributed by atoms with E-state index in [1.165, 1.54) is 11.3 Å². The molecule has 0 amide bonds. The van der Waals surface area contributed by atoms with E-state index in [0.29, 0.717) is 5.25 Å². The van der Waals surface area contributed by atoms with Crippen LogP contribution in [0.25, 0.3) is 0 Å². The van der Waals surface area contributed by atoms with Gasteiger partial charge in [-0.15, -0.1) is 22.0 Å². The third-order valence-corrected chi connectivity index (χ3v) is 6.83. The van der Waals surface area contributed by atoms with Gasteiger partial charge in [-0.2, -0.15) is 11.8 Å². The van der Waals surface area contributed by atoms with Crippen LogP contribution in [-0.4, -0.2) is 34.1 Å².